The number of hydrogen-bond donors (Lipinski definition) is 0. The third-order valence-corrected chi connectivity index (χ3v) is 5.01. The average Bonchev–Trinajstić information content (AvgIpc) is 2.74. The minimum Gasteiger partial charge on any atom is -0.428 e. The lowest BCUT2D eigenvalue weighted by atomic mass is 9.65. The van der Waals surface area contributed by atoms with Crippen LogP contribution in [0.3, 0.4) is 0 Å². The predicted molar refractivity (Wildman–Crippen MR) is 74.5 cm³/mol. The summed E-state index contributed by atoms with van der Waals surface area (Å²) in [5.74, 6) is 0.396. The highest BCUT2D eigenvalue weighted by molar-refractivity contribution is 5.85. The predicted octanol–water partition coefficient (Wildman–Crippen LogP) is 3.60. The molecule has 1 aliphatic heterocycles. The lowest BCUT2D eigenvalue weighted by molar-refractivity contribution is -0.155. The molecule has 0 radical (unpaired) electrons. The maximum atomic E-state index is 11.3. The van der Waals surface area contributed by atoms with Crippen molar-refractivity contribution in [1.82, 2.24) is 0 Å². The van der Waals surface area contributed by atoms with Gasteiger partial charge in [0.15, 0.2) is 0 Å². The minimum absolute atomic E-state index is 0.225. The standard InChI is InChI=1S/C16H24O3/c1-11-6-5-7-12(2)16(11,3)9-8-13-10-14(17)19-15(13)18-4/h6,10,12,15H,5,7-9H2,1-4H3. The molecule has 3 unspecified atom stereocenters. The van der Waals surface area contributed by atoms with E-state index in [1.54, 1.807) is 13.2 Å². The van der Waals surface area contributed by atoms with Gasteiger partial charge in [-0.2, -0.15) is 0 Å². The number of cyclic esters (lactones) is 1. The van der Waals surface area contributed by atoms with Crippen LogP contribution in [0.5, 0.6) is 0 Å². The van der Waals surface area contributed by atoms with Gasteiger partial charge in [0, 0.05) is 18.8 Å². The van der Waals surface area contributed by atoms with Crippen LogP contribution in [0.4, 0.5) is 0 Å². The number of hydrogen-bond acceptors (Lipinski definition) is 3. The van der Waals surface area contributed by atoms with Crippen LogP contribution in [0.1, 0.15) is 46.5 Å². The van der Waals surface area contributed by atoms with Gasteiger partial charge in [0.1, 0.15) is 0 Å². The Kier molecular flexibility index (Phi) is 4.14. The molecule has 0 aromatic heterocycles. The summed E-state index contributed by atoms with van der Waals surface area (Å²) < 4.78 is 10.3. The molecule has 1 heterocycles. The molecule has 2 aliphatic rings. The number of methoxy groups -OCH3 is 1. The fourth-order valence-electron chi connectivity index (χ4n) is 3.16. The van der Waals surface area contributed by atoms with E-state index in [1.807, 2.05) is 0 Å². The van der Waals surface area contributed by atoms with Crippen LogP contribution in [0, 0.1) is 11.3 Å². The van der Waals surface area contributed by atoms with Gasteiger partial charge in [-0.05, 0) is 43.9 Å². The van der Waals surface area contributed by atoms with Crippen LogP contribution in [-0.2, 0) is 14.3 Å². The summed E-state index contributed by atoms with van der Waals surface area (Å²) in [6.45, 7) is 6.89. The number of carbonyl (C=O) groups excluding carboxylic acids is 1. The SMILES string of the molecule is COC1OC(=O)C=C1CCC1(C)C(C)=CCCC1C. The molecule has 3 atom stereocenters. The maximum Gasteiger partial charge on any atom is 0.333 e. The zero-order chi connectivity index (χ0) is 14.0. The first kappa shape index (κ1) is 14.3. The van der Waals surface area contributed by atoms with Crippen LogP contribution < -0.4 is 0 Å². The molecular weight excluding hydrogens is 240 g/mol. The molecular formula is C16H24O3. The molecule has 19 heavy (non-hydrogen) atoms. The minimum atomic E-state index is -0.473. The molecule has 0 spiro atoms. The highest BCUT2D eigenvalue weighted by atomic mass is 16.7. The number of allylic oxidation sites excluding steroid dienone is 2. The Morgan fingerprint density at radius 1 is 1.53 bits per heavy atom. The largest absolute Gasteiger partial charge is 0.428 e. The summed E-state index contributed by atoms with van der Waals surface area (Å²) in [6, 6.07) is 0. The molecule has 0 saturated carbocycles. The monoisotopic (exact) mass is 264 g/mol. The van der Waals surface area contributed by atoms with E-state index in [2.05, 4.69) is 26.8 Å². The molecule has 0 aromatic rings. The van der Waals surface area contributed by atoms with Crippen LogP contribution in [-0.4, -0.2) is 19.4 Å². The van der Waals surface area contributed by atoms with Gasteiger partial charge >= 0.3 is 5.97 Å². The summed E-state index contributed by atoms with van der Waals surface area (Å²) in [5.41, 5.74) is 2.67. The Bertz CT molecular complexity index is 422. The van der Waals surface area contributed by atoms with Gasteiger partial charge in [0.05, 0.1) is 0 Å². The van der Waals surface area contributed by atoms with Gasteiger partial charge in [0.25, 0.3) is 0 Å². The quantitative estimate of drug-likeness (QED) is 0.575. The molecule has 0 bridgehead atoms. The van der Waals surface area contributed by atoms with Crippen molar-refractivity contribution in [3.05, 3.63) is 23.3 Å². The summed E-state index contributed by atoms with van der Waals surface area (Å²) in [7, 11) is 1.58. The van der Waals surface area contributed by atoms with E-state index < -0.39 is 6.29 Å². The van der Waals surface area contributed by atoms with Crippen LogP contribution in [0.15, 0.2) is 23.3 Å². The van der Waals surface area contributed by atoms with Gasteiger partial charge in [-0.3, -0.25) is 0 Å². The molecule has 2 rings (SSSR count). The van der Waals surface area contributed by atoms with Crippen LogP contribution in [0.25, 0.3) is 0 Å². The number of rotatable bonds is 4. The molecule has 0 N–H and O–H groups in total. The number of ether oxygens (including phenoxy) is 2. The molecule has 3 nitrogen and oxygen atoms in total. The fourth-order valence-corrected chi connectivity index (χ4v) is 3.16. The van der Waals surface area contributed by atoms with Gasteiger partial charge in [-0.25, -0.2) is 4.79 Å². The van der Waals surface area contributed by atoms with E-state index in [1.165, 1.54) is 18.4 Å². The maximum absolute atomic E-state index is 11.3. The fraction of sp³-hybridized carbons (Fsp3) is 0.688. The van der Waals surface area contributed by atoms with Crippen molar-refractivity contribution >= 4 is 5.97 Å². The van der Waals surface area contributed by atoms with Crippen molar-refractivity contribution in [1.29, 1.82) is 0 Å². The topological polar surface area (TPSA) is 35.5 Å². The van der Waals surface area contributed by atoms with Crippen molar-refractivity contribution in [2.75, 3.05) is 7.11 Å². The molecule has 0 fully saturated rings. The van der Waals surface area contributed by atoms with E-state index in [-0.39, 0.29) is 11.4 Å². The first-order valence-corrected chi connectivity index (χ1v) is 7.08. The second-order valence-electron chi connectivity index (χ2n) is 6.01. The van der Waals surface area contributed by atoms with E-state index in [0.717, 1.165) is 18.4 Å². The zero-order valence-electron chi connectivity index (χ0n) is 12.4. The highest BCUT2D eigenvalue weighted by Gasteiger charge is 2.36. The summed E-state index contributed by atoms with van der Waals surface area (Å²) in [4.78, 5) is 11.3. The second-order valence-corrected chi connectivity index (χ2v) is 6.01. The van der Waals surface area contributed by atoms with Crippen LogP contribution >= 0.6 is 0 Å². The Morgan fingerprint density at radius 2 is 2.26 bits per heavy atom. The molecule has 3 heteroatoms. The molecule has 0 amide bonds. The van der Waals surface area contributed by atoms with Crippen molar-refractivity contribution in [3.63, 3.8) is 0 Å². The Morgan fingerprint density at radius 3 is 2.89 bits per heavy atom. The highest BCUT2D eigenvalue weighted by Crippen LogP contribution is 2.46. The summed E-state index contributed by atoms with van der Waals surface area (Å²) >= 11 is 0. The first-order chi connectivity index (χ1) is 8.97. The Balaban J connectivity index is 2.05. The lowest BCUT2D eigenvalue weighted by Gasteiger charge is -2.40. The van der Waals surface area contributed by atoms with E-state index in [0.29, 0.717) is 5.92 Å². The van der Waals surface area contributed by atoms with Gasteiger partial charge < -0.3 is 9.47 Å². The molecule has 0 aromatic carbocycles. The van der Waals surface area contributed by atoms with E-state index in [4.69, 9.17) is 9.47 Å². The Labute approximate surface area is 115 Å². The third kappa shape index (κ3) is 2.76. The average molecular weight is 264 g/mol. The van der Waals surface area contributed by atoms with E-state index in [9.17, 15) is 4.79 Å². The second kappa shape index (κ2) is 5.49. The van der Waals surface area contributed by atoms with Crippen LogP contribution in [0.2, 0.25) is 0 Å². The lowest BCUT2D eigenvalue weighted by Crippen LogP contribution is -2.30. The van der Waals surface area contributed by atoms with E-state index >= 15 is 0 Å². The normalized spacial score (nSPS) is 34.8. The van der Waals surface area contributed by atoms with Crippen molar-refractivity contribution in [3.8, 4) is 0 Å². The molecule has 106 valence electrons. The van der Waals surface area contributed by atoms with Crippen molar-refractivity contribution in [2.24, 2.45) is 11.3 Å². The smallest absolute Gasteiger partial charge is 0.333 e. The molecule has 1 aliphatic carbocycles. The van der Waals surface area contributed by atoms with Gasteiger partial charge in [-0.1, -0.05) is 25.5 Å². The first-order valence-electron chi connectivity index (χ1n) is 7.08. The number of esters is 1. The molecule has 0 saturated heterocycles. The summed E-state index contributed by atoms with van der Waals surface area (Å²) in [5, 5.41) is 0. The van der Waals surface area contributed by atoms with Crippen molar-refractivity contribution < 1.29 is 14.3 Å². The van der Waals surface area contributed by atoms with Crippen molar-refractivity contribution in [2.45, 2.75) is 52.7 Å². The third-order valence-electron chi connectivity index (χ3n) is 5.01. The number of carbonyl (C=O) groups is 1. The van der Waals surface area contributed by atoms with Gasteiger partial charge in [0.2, 0.25) is 6.29 Å². The summed E-state index contributed by atoms with van der Waals surface area (Å²) in [6.07, 6.45) is 7.81. The zero-order valence-corrected chi connectivity index (χ0v) is 12.4. The van der Waals surface area contributed by atoms with Gasteiger partial charge in [-0.15, -0.1) is 0 Å². The Hall–Kier alpha value is -1.09.